The van der Waals surface area contributed by atoms with E-state index in [2.05, 4.69) is 22.2 Å². The van der Waals surface area contributed by atoms with Crippen LogP contribution in [0.1, 0.15) is 20.3 Å². The largest absolute Gasteiger partial charge is 0.393 e. The second kappa shape index (κ2) is 7.40. The third-order valence-electron chi connectivity index (χ3n) is 3.81. The molecule has 0 aromatic carbocycles. The van der Waals surface area contributed by atoms with E-state index in [0.717, 1.165) is 31.1 Å². The van der Waals surface area contributed by atoms with Crippen LogP contribution in [0, 0.1) is 5.92 Å². The summed E-state index contributed by atoms with van der Waals surface area (Å²) in [6, 6.07) is 1.87. The SMILES string of the molecule is CC(O)CC(C)CNc1cc(N2CCN(C)C(=O)C2)ncn1. The Bertz CT molecular complexity index is 508. The molecule has 2 atom stereocenters. The molecule has 1 amide bonds. The van der Waals surface area contributed by atoms with Gasteiger partial charge in [0.05, 0.1) is 12.6 Å². The number of anilines is 2. The van der Waals surface area contributed by atoms with Gasteiger partial charge in [-0.3, -0.25) is 4.79 Å². The molecule has 1 fully saturated rings. The van der Waals surface area contributed by atoms with Crippen molar-refractivity contribution in [2.75, 3.05) is 43.4 Å². The monoisotopic (exact) mass is 307 g/mol. The van der Waals surface area contributed by atoms with E-state index in [4.69, 9.17) is 0 Å². The molecule has 122 valence electrons. The lowest BCUT2D eigenvalue weighted by Crippen LogP contribution is -2.48. The minimum Gasteiger partial charge on any atom is -0.393 e. The van der Waals surface area contributed by atoms with E-state index in [9.17, 15) is 9.90 Å². The van der Waals surface area contributed by atoms with Gasteiger partial charge in [0.2, 0.25) is 5.91 Å². The summed E-state index contributed by atoms with van der Waals surface area (Å²) in [5, 5.41) is 12.6. The van der Waals surface area contributed by atoms with Gasteiger partial charge in [0.15, 0.2) is 0 Å². The highest BCUT2D eigenvalue weighted by atomic mass is 16.3. The summed E-state index contributed by atoms with van der Waals surface area (Å²) in [6.07, 6.45) is 1.96. The van der Waals surface area contributed by atoms with Crippen molar-refractivity contribution in [3.8, 4) is 0 Å². The van der Waals surface area contributed by atoms with Crippen LogP contribution in [0.5, 0.6) is 0 Å². The van der Waals surface area contributed by atoms with Crippen LogP contribution in [0.25, 0.3) is 0 Å². The minimum absolute atomic E-state index is 0.102. The smallest absolute Gasteiger partial charge is 0.241 e. The highest BCUT2D eigenvalue weighted by molar-refractivity contribution is 5.82. The van der Waals surface area contributed by atoms with Crippen LogP contribution in [0.4, 0.5) is 11.6 Å². The lowest BCUT2D eigenvalue weighted by Gasteiger charge is -2.32. The van der Waals surface area contributed by atoms with Gasteiger partial charge in [-0.1, -0.05) is 6.92 Å². The number of aliphatic hydroxyl groups excluding tert-OH is 1. The molecule has 1 aromatic heterocycles. The Morgan fingerprint density at radius 1 is 1.36 bits per heavy atom. The number of piperazine rings is 1. The van der Waals surface area contributed by atoms with Gasteiger partial charge in [0.1, 0.15) is 18.0 Å². The van der Waals surface area contributed by atoms with E-state index in [1.165, 1.54) is 6.33 Å². The normalized spacial score (nSPS) is 18.3. The van der Waals surface area contributed by atoms with Gasteiger partial charge in [-0.15, -0.1) is 0 Å². The standard InChI is InChI=1S/C15H25N5O2/c1-11(6-12(2)21)8-16-13-7-14(18-10-17-13)20-5-4-19(3)15(22)9-20/h7,10-12,21H,4-6,8-9H2,1-3H3,(H,16,17,18). The number of hydrogen-bond acceptors (Lipinski definition) is 6. The molecule has 2 rings (SSSR count). The Balaban J connectivity index is 1.94. The average Bonchev–Trinajstić information content (AvgIpc) is 2.47. The van der Waals surface area contributed by atoms with Crippen molar-refractivity contribution >= 4 is 17.5 Å². The molecule has 7 heteroatoms. The molecule has 0 aliphatic carbocycles. The van der Waals surface area contributed by atoms with Crippen molar-refractivity contribution in [2.24, 2.45) is 5.92 Å². The molecule has 0 bridgehead atoms. The third kappa shape index (κ3) is 4.56. The number of carbonyl (C=O) groups is 1. The summed E-state index contributed by atoms with van der Waals surface area (Å²) < 4.78 is 0. The van der Waals surface area contributed by atoms with E-state index in [1.807, 2.05) is 18.0 Å². The summed E-state index contributed by atoms with van der Waals surface area (Å²) in [5.41, 5.74) is 0. The first-order chi connectivity index (χ1) is 10.5. The fourth-order valence-electron chi connectivity index (χ4n) is 2.52. The average molecular weight is 307 g/mol. The van der Waals surface area contributed by atoms with Crippen LogP contribution in [0.15, 0.2) is 12.4 Å². The zero-order chi connectivity index (χ0) is 16.1. The molecular formula is C15H25N5O2. The quantitative estimate of drug-likeness (QED) is 0.800. The van der Waals surface area contributed by atoms with Gasteiger partial charge in [0, 0.05) is 32.7 Å². The van der Waals surface area contributed by atoms with E-state index >= 15 is 0 Å². The maximum Gasteiger partial charge on any atom is 0.241 e. The predicted octanol–water partition coefficient (Wildman–Crippen LogP) is 0.574. The number of hydrogen-bond donors (Lipinski definition) is 2. The molecule has 0 radical (unpaired) electrons. The van der Waals surface area contributed by atoms with Crippen LogP contribution in [0.3, 0.4) is 0 Å². The minimum atomic E-state index is -0.297. The molecule has 2 unspecified atom stereocenters. The maximum atomic E-state index is 11.8. The van der Waals surface area contributed by atoms with Crippen molar-refractivity contribution in [1.29, 1.82) is 0 Å². The number of nitrogens with one attached hydrogen (secondary N) is 1. The Labute approximate surface area is 131 Å². The number of likely N-dealkylation sites (N-methyl/N-ethyl adjacent to an activating group) is 1. The lowest BCUT2D eigenvalue weighted by molar-refractivity contribution is -0.129. The van der Waals surface area contributed by atoms with Crippen LogP contribution in [0.2, 0.25) is 0 Å². The van der Waals surface area contributed by atoms with E-state index < -0.39 is 0 Å². The maximum absolute atomic E-state index is 11.8. The van der Waals surface area contributed by atoms with Gasteiger partial charge in [-0.2, -0.15) is 0 Å². The number of aromatic nitrogens is 2. The van der Waals surface area contributed by atoms with Crippen molar-refractivity contribution in [3.05, 3.63) is 12.4 Å². The van der Waals surface area contributed by atoms with Crippen molar-refractivity contribution in [3.63, 3.8) is 0 Å². The first-order valence-corrected chi connectivity index (χ1v) is 7.68. The Morgan fingerprint density at radius 3 is 2.82 bits per heavy atom. The molecule has 22 heavy (non-hydrogen) atoms. The number of amides is 1. The number of rotatable bonds is 6. The predicted molar refractivity (Wildman–Crippen MR) is 85.8 cm³/mol. The summed E-state index contributed by atoms with van der Waals surface area (Å²) in [5.74, 6) is 1.96. The van der Waals surface area contributed by atoms with Crippen LogP contribution < -0.4 is 10.2 Å². The first kappa shape index (κ1) is 16.5. The fourth-order valence-corrected chi connectivity index (χ4v) is 2.52. The fraction of sp³-hybridized carbons (Fsp3) is 0.667. The second-order valence-electron chi connectivity index (χ2n) is 6.07. The summed E-state index contributed by atoms with van der Waals surface area (Å²) >= 11 is 0. The van der Waals surface area contributed by atoms with Gasteiger partial charge in [0.25, 0.3) is 0 Å². The van der Waals surface area contributed by atoms with Crippen molar-refractivity contribution in [2.45, 2.75) is 26.4 Å². The van der Waals surface area contributed by atoms with Gasteiger partial charge in [-0.25, -0.2) is 9.97 Å². The summed E-state index contributed by atoms with van der Waals surface area (Å²) in [6.45, 7) is 6.45. The summed E-state index contributed by atoms with van der Waals surface area (Å²) in [7, 11) is 1.82. The van der Waals surface area contributed by atoms with Crippen molar-refractivity contribution in [1.82, 2.24) is 14.9 Å². The second-order valence-corrected chi connectivity index (χ2v) is 6.07. The van der Waals surface area contributed by atoms with Crippen LogP contribution >= 0.6 is 0 Å². The molecule has 7 nitrogen and oxygen atoms in total. The summed E-state index contributed by atoms with van der Waals surface area (Å²) in [4.78, 5) is 24.0. The van der Waals surface area contributed by atoms with Crippen molar-refractivity contribution < 1.29 is 9.90 Å². The molecule has 2 N–H and O–H groups in total. The third-order valence-corrected chi connectivity index (χ3v) is 3.81. The Kier molecular flexibility index (Phi) is 5.54. The number of aliphatic hydroxyl groups is 1. The number of carbonyl (C=O) groups excluding carboxylic acids is 1. The Morgan fingerprint density at radius 2 is 2.14 bits per heavy atom. The first-order valence-electron chi connectivity index (χ1n) is 7.68. The highest BCUT2D eigenvalue weighted by Crippen LogP contribution is 2.17. The zero-order valence-corrected chi connectivity index (χ0v) is 13.5. The topological polar surface area (TPSA) is 81.6 Å². The molecule has 0 spiro atoms. The van der Waals surface area contributed by atoms with E-state index in [-0.39, 0.29) is 12.0 Å². The van der Waals surface area contributed by atoms with Crippen LogP contribution in [-0.4, -0.2) is 65.2 Å². The van der Waals surface area contributed by atoms with Gasteiger partial charge >= 0.3 is 0 Å². The molecule has 1 aliphatic heterocycles. The van der Waals surface area contributed by atoms with Crippen LogP contribution in [-0.2, 0) is 4.79 Å². The highest BCUT2D eigenvalue weighted by Gasteiger charge is 2.22. The molecular weight excluding hydrogens is 282 g/mol. The molecule has 2 heterocycles. The van der Waals surface area contributed by atoms with E-state index in [1.54, 1.807) is 11.8 Å². The zero-order valence-electron chi connectivity index (χ0n) is 13.5. The molecule has 0 saturated carbocycles. The lowest BCUT2D eigenvalue weighted by atomic mass is 10.1. The Hall–Kier alpha value is -1.89. The molecule has 1 saturated heterocycles. The van der Waals surface area contributed by atoms with E-state index in [0.29, 0.717) is 19.0 Å². The van der Waals surface area contributed by atoms with Gasteiger partial charge < -0.3 is 20.2 Å². The molecule has 1 aliphatic rings. The van der Waals surface area contributed by atoms with Gasteiger partial charge in [-0.05, 0) is 19.3 Å². The number of nitrogens with zero attached hydrogens (tertiary/aromatic N) is 4. The molecule has 1 aromatic rings.